The SMILES string of the molecule is c1ccc([P+](CCC[n+]2ccc3c(ccc4c[n+](CCC[P+](c5ccccc5)(c5ccccc5)c5ccccc5)ccc43)c2)(c2ccccc2)c2ccccc2)cc1. The fourth-order valence-electron chi connectivity index (χ4n) is 9.07. The standard InChI is InChI=1S/C54H50N2P2/c1-7-21-47(22-8-1)57(48-23-9-2-10-24-48,49-25-11-3-12-26-49)41-19-37-55-39-35-53-45(43-55)33-34-46-44-56(40-36-54(46)53)38-20-42-58(50-27-13-4-14-28-50,51-29-15-5-16-30-51)52-31-17-6-18-32-52/h1-18,21-36,39-40,43-44H,19-20,37-38,41-42H2/q+4. The number of aryl methyl sites for hydroxylation is 2. The smallest absolute Gasteiger partial charge is 0.176 e. The van der Waals surface area contributed by atoms with Crippen LogP contribution in [0.2, 0.25) is 0 Å². The Morgan fingerprint density at radius 1 is 0.293 bits per heavy atom. The second-order valence-electron chi connectivity index (χ2n) is 15.2. The average molecular weight is 789 g/mol. The largest absolute Gasteiger partial charge is 0.204 e. The highest BCUT2D eigenvalue weighted by atomic mass is 31.2. The minimum atomic E-state index is -1.85. The van der Waals surface area contributed by atoms with E-state index < -0.39 is 14.5 Å². The van der Waals surface area contributed by atoms with E-state index in [0.29, 0.717) is 0 Å². The van der Waals surface area contributed by atoms with E-state index in [2.05, 4.69) is 240 Å². The van der Waals surface area contributed by atoms with Crippen LogP contribution in [-0.4, -0.2) is 12.3 Å². The van der Waals surface area contributed by atoms with Crippen LogP contribution >= 0.6 is 14.5 Å². The Bertz CT molecular complexity index is 2320. The molecule has 4 heteroatoms. The lowest BCUT2D eigenvalue weighted by Crippen LogP contribution is -2.37. The molecule has 0 N–H and O–H groups in total. The molecule has 9 rings (SSSR count). The van der Waals surface area contributed by atoms with Crippen molar-refractivity contribution in [2.24, 2.45) is 0 Å². The first-order chi connectivity index (χ1) is 28.7. The molecule has 0 radical (unpaired) electrons. The third kappa shape index (κ3) is 7.52. The summed E-state index contributed by atoms with van der Waals surface area (Å²) in [6, 6.07) is 76.7. The quantitative estimate of drug-likeness (QED) is 0.0590. The molecule has 282 valence electrons. The van der Waals surface area contributed by atoms with Crippen molar-refractivity contribution in [2.75, 3.05) is 12.3 Å². The van der Waals surface area contributed by atoms with Gasteiger partial charge < -0.3 is 0 Å². The lowest BCUT2D eigenvalue weighted by Gasteiger charge is -2.27. The molecule has 0 fully saturated rings. The van der Waals surface area contributed by atoms with Crippen LogP contribution < -0.4 is 41.0 Å². The average Bonchev–Trinajstić information content (AvgIpc) is 3.31. The van der Waals surface area contributed by atoms with Crippen molar-refractivity contribution < 1.29 is 9.13 Å². The van der Waals surface area contributed by atoms with Crippen LogP contribution in [0.15, 0.2) is 231 Å². The van der Waals surface area contributed by atoms with Crippen molar-refractivity contribution in [3.8, 4) is 0 Å². The number of rotatable bonds is 14. The molecule has 0 unspecified atom stereocenters. The van der Waals surface area contributed by atoms with Gasteiger partial charge in [-0.15, -0.1) is 0 Å². The molecular weight excluding hydrogens is 739 g/mol. The number of hydrogen-bond donors (Lipinski definition) is 0. The molecule has 9 aromatic rings. The first kappa shape index (κ1) is 37.8. The van der Waals surface area contributed by atoms with Gasteiger partial charge in [0.2, 0.25) is 0 Å². The summed E-state index contributed by atoms with van der Waals surface area (Å²) >= 11 is 0. The van der Waals surface area contributed by atoms with E-state index in [1.807, 2.05) is 0 Å². The van der Waals surface area contributed by atoms with Crippen LogP contribution in [0.3, 0.4) is 0 Å². The Balaban J connectivity index is 0.951. The number of benzene rings is 7. The highest BCUT2D eigenvalue weighted by Crippen LogP contribution is 2.56. The van der Waals surface area contributed by atoms with Gasteiger partial charge in [0, 0.05) is 46.5 Å². The first-order valence-electron chi connectivity index (χ1n) is 20.6. The lowest BCUT2D eigenvalue weighted by atomic mass is 10.1. The van der Waals surface area contributed by atoms with Gasteiger partial charge in [0.25, 0.3) is 0 Å². The van der Waals surface area contributed by atoms with E-state index in [1.54, 1.807) is 0 Å². The highest BCUT2D eigenvalue weighted by molar-refractivity contribution is 7.96. The van der Waals surface area contributed by atoms with Gasteiger partial charge in [0.1, 0.15) is 46.4 Å². The van der Waals surface area contributed by atoms with Crippen LogP contribution in [-0.2, 0) is 13.1 Å². The molecule has 0 saturated carbocycles. The zero-order valence-electron chi connectivity index (χ0n) is 33.0. The number of nitrogens with zero attached hydrogens (tertiary/aromatic N) is 2. The Hall–Kier alpha value is -5.78. The van der Waals surface area contributed by atoms with Crippen molar-refractivity contribution in [3.63, 3.8) is 0 Å². The molecule has 0 atom stereocenters. The maximum Gasteiger partial charge on any atom is 0.176 e. The lowest BCUT2D eigenvalue weighted by molar-refractivity contribution is -0.695. The highest BCUT2D eigenvalue weighted by Gasteiger charge is 2.46. The molecule has 0 amide bonds. The normalized spacial score (nSPS) is 11.9. The molecule has 0 saturated heterocycles. The molecule has 2 nitrogen and oxygen atoms in total. The summed E-state index contributed by atoms with van der Waals surface area (Å²) in [7, 11) is -3.71. The summed E-state index contributed by atoms with van der Waals surface area (Å²) < 4.78 is 4.79. The molecule has 0 aliphatic rings. The van der Waals surface area contributed by atoms with E-state index in [4.69, 9.17) is 0 Å². The van der Waals surface area contributed by atoms with Gasteiger partial charge in [0.15, 0.2) is 37.9 Å². The van der Waals surface area contributed by atoms with Gasteiger partial charge in [-0.25, -0.2) is 9.13 Å². The molecule has 0 aliphatic carbocycles. The molecule has 2 aromatic heterocycles. The maximum atomic E-state index is 2.40. The van der Waals surface area contributed by atoms with Crippen molar-refractivity contribution in [1.29, 1.82) is 0 Å². The number of hydrogen-bond acceptors (Lipinski definition) is 0. The van der Waals surface area contributed by atoms with Gasteiger partial charge in [-0.05, 0) is 84.9 Å². The minimum absolute atomic E-state index is 0.968. The Labute approximate surface area is 344 Å². The third-order valence-corrected chi connectivity index (χ3v) is 20.9. The Morgan fingerprint density at radius 2 is 0.552 bits per heavy atom. The van der Waals surface area contributed by atoms with Gasteiger partial charge in [-0.2, -0.15) is 0 Å². The summed E-state index contributed by atoms with van der Waals surface area (Å²) in [6.45, 7) is 1.94. The Morgan fingerprint density at radius 3 is 0.810 bits per heavy atom. The van der Waals surface area contributed by atoms with E-state index in [1.165, 1.54) is 53.4 Å². The van der Waals surface area contributed by atoms with Crippen LogP contribution in [0.5, 0.6) is 0 Å². The zero-order valence-corrected chi connectivity index (χ0v) is 34.8. The minimum Gasteiger partial charge on any atom is -0.204 e. The molecule has 58 heavy (non-hydrogen) atoms. The second-order valence-corrected chi connectivity index (χ2v) is 22.5. The molecule has 2 heterocycles. The zero-order chi connectivity index (χ0) is 39.0. The van der Waals surface area contributed by atoms with Gasteiger partial charge >= 0.3 is 0 Å². The fourth-order valence-corrected chi connectivity index (χ4v) is 17.7. The fraction of sp³-hybridized carbons (Fsp3) is 0.111. The molecule has 7 aromatic carbocycles. The summed E-state index contributed by atoms with van der Waals surface area (Å²) in [5, 5.41) is 13.9. The van der Waals surface area contributed by atoms with E-state index in [9.17, 15) is 0 Å². The monoisotopic (exact) mass is 788 g/mol. The topological polar surface area (TPSA) is 7.76 Å². The van der Waals surface area contributed by atoms with Gasteiger partial charge in [-0.3, -0.25) is 0 Å². The molecule has 0 bridgehead atoms. The van der Waals surface area contributed by atoms with E-state index >= 15 is 0 Å². The summed E-state index contributed by atoms with van der Waals surface area (Å²) in [6.07, 6.45) is 13.7. The Kier molecular flexibility index (Phi) is 11.3. The van der Waals surface area contributed by atoms with Crippen molar-refractivity contribution in [3.05, 3.63) is 231 Å². The van der Waals surface area contributed by atoms with Gasteiger partial charge in [0.05, 0.1) is 12.3 Å². The van der Waals surface area contributed by atoms with Gasteiger partial charge in [-0.1, -0.05) is 109 Å². The first-order valence-corrected chi connectivity index (χ1v) is 24.5. The number of pyridine rings is 2. The number of aromatic nitrogens is 2. The summed E-state index contributed by atoms with van der Waals surface area (Å²) in [5.74, 6) is 0. The molecular formula is C54H50N2P2+4. The van der Waals surface area contributed by atoms with Crippen molar-refractivity contribution in [1.82, 2.24) is 0 Å². The van der Waals surface area contributed by atoms with E-state index in [-0.39, 0.29) is 0 Å². The second kappa shape index (κ2) is 17.4. The van der Waals surface area contributed by atoms with Crippen LogP contribution in [0.25, 0.3) is 21.5 Å². The summed E-state index contributed by atoms with van der Waals surface area (Å²) in [5.41, 5.74) is 0. The third-order valence-electron chi connectivity index (χ3n) is 11.8. The van der Waals surface area contributed by atoms with Crippen molar-refractivity contribution in [2.45, 2.75) is 25.9 Å². The maximum absolute atomic E-state index is 2.40. The van der Waals surface area contributed by atoms with E-state index in [0.717, 1.165) is 38.3 Å². The van der Waals surface area contributed by atoms with Crippen molar-refractivity contribution >= 4 is 67.9 Å². The molecule has 0 aliphatic heterocycles. The summed E-state index contributed by atoms with van der Waals surface area (Å²) in [4.78, 5) is 0. The number of fused-ring (bicyclic) bond motifs is 3. The predicted octanol–water partition coefficient (Wildman–Crippen LogP) is 9.34. The van der Waals surface area contributed by atoms with Crippen LogP contribution in [0.1, 0.15) is 12.8 Å². The predicted molar refractivity (Wildman–Crippen MR) is 251 cm³/mol. The van der Waals surface area contributed by atoms with Crippen LogP contribution in [0, 0.1) is 0 Å². The molecule has 0 spiro atoms. The van der Waals surface area contributed by atoms with Crippen LogP contribution in [0.4, 0.5) is 0 Å².